The summed E-state index contributed by atoms with van der Waals surface area (Å²) in [5.41, 5.74) is 2.24. The van der Waals surface area contributed by atoms with Crippen molar-refractivity contribution in [1.29, 1.82) is 0 Å². The van der Waals surface area contributed by atoms with Crippen molar-refractivity contribution < 1.29 is 9.84 Å². The molecule has 1 atom stereocenters. The highest BCUT2D eigenvalue weighted by molar-refractivity contribution is 5.24. The molecule has 0 aromatic heterocycles. The van der Waals surface area contributed by atoms with Gasteiger partial charge in [0.25, 0.3) is 0 Å². The maximum atomic E-state index is 10.4. The number of rotatable bonds is 5. The van der Waals surface area contributed by atoms with Gasteiger partial charge in [-0.3, -0.25) is 4.90 Å². The lowest BCUT2D eigenvalue weighted by atomic mass is 10.0. The van der Waals surface area contributed by atoms with Gasteiger partial charge in [0.05, 0.1) is 18.3 Å². The topological polar surface area (TPSA) is 32.7 Å². The smallest absolute Gasteiger partial charge is 0.0916 e. The van der Waals surface area contributed by atoms with Crippen LogP contribution in [0.1, 0.15) is 44.4 Å². The third-order valence-corrected chi connectivity index (χ3v) is 3.84. The molecule has 20 heavy (non-hydrogen) atoms. The number of aliphatic hydroxyl groups excluding tert-OH is 1. The third-order valence-electron chi connectivity index (χ3n) is 3.84. The molecule has 0 spiro atoms. The molecule has 112 valence electrons. The quantitative estimate of drug-likeness (QED) is 0.898. The first-order valence-electron chi connectivity index (χ1n) is 7.63. The summed E-state index contributed by atoms with van der Waals surface area (Å²) in [6, 6.07) is 8.37. The van der Waals surface area contributed by atoms with E-state index in [4.69, 9.17) is 4.74 Å². The lowest BCUT2D eigenvalue weighted by Crippen LogP contribution is -2.49. The fraction of sp³-hybridized carbons (Fsp3) is 0.647. The molecule has 1 aliphatic heterocycles. The summed E-state index contributed by atoms with van der Waals surface area (Å²) < 4.78 is 5.70. The van der Waals surface area contributed by atoms with E-state index >= 15 is 0 Å². The van der Waals surface area contributed by atoms with E-state index in [1.165, 1.54) is 5.56 Å². The van der Waals surface area contributed by atoms with Gasteiger partial charge in [0.1, 0.15) is 0 Å². The van der Waals surface area contributed by atoms with E-state index in [0.717, 1.165) is 38.1 Å². The second kappa shape index (κ2) is 6.70. The van der Waals surface area contributed by atoms with Gasteiger partial charge in [-0.2, -0.15) is 0 Å². The number of nitrogens with zero attached hydrogens (tertiary/aromatic N) is 1. The van der Waals surface area contributed by atoms with Crippen LogP contribution in [-0.4, -0.2) is 41.8 Å². The molecular formula is C17H27NO2. The van der Waals surface area contributed by atoms with Gasteiger partial charge in [-0.25, -0.2) is 0 Å². The van der Waals surface area contributed by atoms with Gasteiger partial charge in [0, 0.05) is 19.6 Å². The molecule has 1 saturated heterocycles. The van der Waals surface area contributed by atoms with Crippen molar-refractivity contribution in [3.05, 3.63) is 35.4 Å². The zero-order valence-electron chi connectivity index (χ0n) is 12.9. The maximum absolute atomic E-state index is 10.4. The summed E-state index contributed by atoms with van der Waals surface area (Å²) in [6.07, 6.45) is 1.85. The Kier molecular flexibility index (Phi) is 5.19. The minimum absolute atomic E-state index is 0.108. The maximum Gasteiger partial charge on any atom is 0.0916 e. The Morgan fingerprint density at radius 2 is 2.00 bits per heavy atom. The first-order valence-corrected chi connectivity index (χ1v) is 7.63. The Morgan fingerprint density at radius 3 is 2.60 bits per heavy atom. The number of benzene rings is 1. The molecule has 3 heteroatoms. The summed E-state index contributed by atoms with van der Waals surface area (Å²) in [5, 5.41) is 10.4. The number of ether oxygens (including phenoxy) is 1. The number of morpholine rings is 1. The van der Waals surface area contributed by atoms with Crippen molar-refractivity contribution in [2.24, 2.45) is 0 Å². The molecule has 1 heterocycles. The summed E-state index contributed by atoms with van der Waals surface area (Å²) >= 11 is 0. The molecule has 0 saturated carbocycles. The van der Waals surface area contributed by atoms with Gasteiger partial charge in [-0.15, -0.1) is 0 Å². The molecular weight excluding hydrogens is 250 g/mol. The van der Waals surface area contributed by atoms with Crippen LogP contribution < -0.4 is 0 Å². The largest absolute Gasteiger partial charge is 0.387 e. The summed E-state index contributed by atoms with van der Waals surface area (Å²) in [7, 11) is 0. The molecule has 1 aromatic carbocycles. The molecule has 0 bridgehead atoms. The average molecular weight is 277 g/mol. The van der Waals surface area contributed by atoms with E-state index in [9.17, 15) is 5.11 Å². The average Bonchev–Trinajstić information content (AvgIpc) is 2.38. The Morgan fingerprint density at radius 1 is 1.30 bits per heavy atom. The summed E-state index contributed by atoms with van der Waals surface area (Å²) in [5.74, 6) is 0. The highest BCUT2D eigenvalue weighted by Gasteiger charge is 2.28. The van der Waals surface area contributed by atoms with Crippen LogP contribution >= 0.6 is 0 Å². The molecule has 0 radical (unpaired) electrons. The van der Waals surface area contributed by atoms with Crippen molar-refractivity contribution in [3.8, 4) is 0 Å². The first kappa shape index (κ1) is 15.5. The van der Waals surface area contributed by atoms with Crippen molar-refractivity contribution in [3.63, 3.8) is 0 Å². The van der Waals surface area contributed by atoms with Gasteiger partial charge < -0.3 is 9.84 Å². The van der Waals surface area contributed by atoms with E-state index in [2.05, 4.69) is 49.9 Å². The fourth-order valence-electron chi connectivity index (χ4n) is 2.82. The van der Waals surface area contributed by atoms with Gasteiger partial charge in [0.15, 0.2) is 0 Å². The summed E-state index contributed by atoms with van der Waals surface area (Å²) in [4.78, 5) is 2.29. The number of aliphatic hydroxyl groups is 1. The Bertz CT molecular complexity index is 414. The van der Waals surface area contributed by atoms with Crippen LogP contribution in [0.5, 0.6) is 0 Å². The van der Waals surface area contributed by atoms with Crippen LogP contribution in [0, 0.1) is 0 Å². The molecule has 1 fully saturated rings. The molecule has 1 unspecified atom stereocenters. The fourth-order valence-corrected chi connectivity index (χ4v) is 2.82. The SMILES string of the molecule is CCCc1ccc(C(O)CN2CCOC(C)(C)C2)cc1. The minimum atomic E-state index is -0.417. The molecule has 2 rings (SSSR count). The first-order chi connectivity index (χ1) is 9.50. The van der Waals surface area contributed by atoms with E-state index in [-0.39, 0.29) is 5.60 Å². The second-order valence-corrected chi connectivity index (χ2v) is 6.35. The van der Waals surface area contributed by atoms with Crippen LogP contribution in [0.2, 0.25) is 0 Å². The van der Waals surface area contributed by atoms with Gasteiger partial charge >= 0.3 is 0 Å². The highest BCUT2D eigenvalue weighted by Crippen LogP contribution is 2.21. The van der Waals surface area contributed by atoms with Crippen LogP contribution in [0.15, 0.2) is 24.3 Å². The van der Waals surface area contributed by atoms with Crippen molar-refractivity contribution in [2.45, 2.75) is 45.3 Å². The molecule has 1 N–H and O–H groups in total. The van der Waals surface area contributed by atoms with Gasteiger partial charge in [-0.05, 0) is 31.4 Å². The van der Waals surface area contributed by atoms with Crippen molar-refractivity contribution >= 4 is 0 Å². The van der Waals surface area contributed by atoms with E-state index in [1.54, 1.807) is 0 Å². The Hall–Kier alpha value is -0.900. The van der Waals surface area contributed by atoms with E-state index in [0.29, 0.717) is 6.54 Å². The monoisotopic (exact) mass is 277 g/mol. The number of aryl methyl sites for hydroxylation is 1. The van der Waals surface area contributed by atoms with Crippen LogP contribution in [0.3, 0.4) is 0 Å². The molecule has 0 aliphatic carbocycles. The number of hydrogen-bond donors (Lipinski definition) is 1. The molecule has 0 amide bonds. The Balaban J connectivity index is 1.92. The normalized spacial score (nSPS) is 20.8. The lowest BCUT2D eigenvalue weighted by Gasteiger charge is -2.39. The molecule has 1 aliphatic rings. The zero-order chi connectivity index (χ0) is 14.6. The number of β-amino-alcohol motifs (C(OH)–C–C–N with tert-alkyl or cyclic N) is 1. The van der Waals surface area contributed by atoms with Crippen LogP contribution in [-0.2, 0) is 11.2 Å². The minimum Gasteiger partial charge on any atom is -0.387 e. The second-order valence-electron chi connectivity index (χ2n) is 6.35. The van der Waals surface area contributed by atoms with Gasteiger partial charge in [0.2, 0.25) is 0 Å². The van der Waals surface area contributed by atoms with E-state index in [1.807, 2.05) is 0 Å². The predicted molar refractivity (Wildman–Crippen MR) is 81.9 cm³/mol. The van der Waals surface area contributed by atoms with Crippen LogP contribution in [0.4, 0.5) is 0 Å². The van der Waals surface area contributed by atoms with E-state index < -0.39 is 6.10 Å². The highest BCUT2D eigenvalue weighted by atomic mass is 16.5. The predicted octanol–water partition coefficient (Wildman–Crippen LogP) is 2.78. The van der Waals surface area contributed by atoms with Crippen molar-refractivity contribution in [1.82, 2.24) is 4.90 Å². The number of hydrogen-bond acceptors (Lipinski definition) is 3. The third kappa shape index (κ3) is 4.30. The Labute approximate surface area is 122 Å². The molecule has 1 aromatic rings. The zero-order valence-corrected chi connectivity index (χ0v) is 12.9. The standard InChI is InChI=1S/C17H27NO2/c1-4-5-14-6-8-15(9-7-14)16(19)12-18-10-11-20-17(2,3)13-18/h6-9,16,19H,4-5,10-13H2,1-3H3. The molecule has 3 nitrogen and oxygen atoms in total. The summed E-state index contributed by atoms with van der Waals surface area (Å²) in [6.45, 7) is 9.58. The van der Waals surface area contributed by atoms with Crippen molar-refractivity contribution in [2.75, 3.05) is 26.2 Å². The lowest BCUT2D eigenvalue weighted by molar-refractivity contribution is -0.0932. The van der Waals surface area contributed by atoms with Gasteiger partial charge in [-0.1, -0.05) is 37.6 Å². The van der Waals surface area contributed by atoms with Crippen LogP contribution in [0.25, 0.3) is 0 Å².